The summed E-state index contributed by atoms with van der Waals surface area (Å²) < 4.78 is 0. The number of likely N-dealkylation sites (N-methyl/N-ethyl adjacent to an activating group) is 1. The average Bonchev–Trinajstić information content (AvgIpc) is 2.47. The number of nitrogens with zero attached hydrogens (tertiary/aromatic N) is 1. The maximum Gasteiger partial charge on any atom is 0.272 e. The molecular formula is C17H18N2O2. The number of nitro benzene ring substituents is 1. The minimum absolute atomic E-state index is 0.213. The van der Waals surface area contributed by atoms with Gasteiger partial charge in [0.05, 0.1) is 4.92 Å². The molecule has 2 unspecified atom stereocenters. The summed E-state index contributed by atoms with van der Waals surface area (Å²) >= 11 is 0. The van der Waals surface area contributed by atoms with E-state index in [0.29, 0.717) is 12.3 Å². The third-order valence-corrected chi connectivity index (χ3v) is 4.38. The van der Waals surface area contributed by atoms with E-state index in [1.54, 1.807) is 12.1 Å². The van der Waals surface area contributed by atoms with Gasteiger partial charge in [0.15, 0.2) is 0 Å². The molecule has 0 radical (unpaired) electrons. The van der Waals surface area contributed by atoms with E-state index in [1.165, 1.54) is 11.1 Å². The summed E-state index contributed by atoms with van der Waals surface area (Å²) in [6.07, 6.45) is 1.72. The zero-order valence-corrected chi connectivity index (χ0v) is 12.0. The molecule has 2 aromatic carbocycles. The molecule has 1 aliphatic rings. The Balaban J connectivity index is 1.82. The van der Waals surface area contributed by atoms with E-state index in [-0.39, 0.29) is 16.7 Å². The molecule has 0 aliphatic heterocycles. The van der Waals surface area contributed by atoms with E-state index >= 15 is 0 Å². The van der Waals surface area contributed by atoms with Gasteiger partial charge in [-0.3, -0.25) is 10.1 Å². The molecule has 2 aromatic rings. The summed E-state index contributed by atoms with van der Waals surface area (Å²) in [5.74, 6) is 0.436. The Morgan fingerprint density at radius 2 is 1.95 bits per heavy atom. The van der Waals surface area contributed by atoms with Crippen molar-refractivity contribution in [1.29, 1.82) is 0 Å². The van der Waals surface area contributed by atoms with Crippen LogP contribution >= 0.6 is 0 Å². The Labute approximate surface area is 124 Å². The second kappa shape index (κ2) is 5.66. The SMILES string of the molecule is CNC(Cc1ccccc1[N+](=O)[O-])C1Cc2ccccc21. The molecule has 0 saturated heterocycles. The van der Waals surface area contributed by atoms with Crippen LogP contribution in [0.4, 0.5) is 5.69 Å². The van der Waals surface area contributed by atoms with Crippen LogP contribution in [-0.4, -0.2) is 18.0 Å². The maximum atomic E-state index is 11.1. The third kappa shape index (κ3) is 2.54. The lowest BCUT2D eigenvalue weighted by Crippen LogP contribution is -2.39. The molecule has 0 aromatic heterocycles. The molecule has 1 N–H and O–H groups in total. The van der Waals surface area contributed by atoms with Crippen molar-refractivity contribution in [3.63, 3.8) is 0 Å². The predicted octanol–water partition coefficient (Wildman–Crippen LogP) is 3.07. The number of hydrogen-bond acceptors (Lipinski definition) is 3. The van der Waals surface area contributed by atoms with E-state index in [9.17, 15) is 10.1 Å². The van der Waals surface area contributed by atoms with Gasteiger partial charge in [0, 0.05) is 23.6 Å². The highest BCUT2D eigenvalue weighted by atomic mass is 16.6. The molecule has 2 atom stereocenters. The Hall–Kier alpha value is -2.20. The van der Waals surface area contributed by atoms with Crippen LogP contribution in [0.2, 0.25) is 0 Å². The predicted molar refractivity (Wildman–Crippen MR) is 82.5 cm³/mol. The maximum absolute atomic E-state index is 11.1. The van der Waals surface area contributed by atoms with E-state index in [4.69, 9.17) is 0 Å². The van der Waals surface area contributed by atoms with Gasteiger partial charge >= 0.3 is 0 Å². The first-order chi connectivity index (χ1) is 10.2. The monoisotopic (exact) mass is 282 g/mol. The van der Waals surface area contributed by atoms with Gasteiger partial charge in [0.25, 0.3) is 5.69 Å². The number of para-hydroxylation sites is 1. The quantitative estimate of drug-likeness (QED) is 0.677. The van der Waals surface area contributed by atoms with Crippen molar-refractivity contribution in [3.8, 4) is 0 Å². The lowest BCUT2D eigenvalue weighted by atomic mass is 9.72. The Bertz CT molecular complexity index is 669. The van der Waals surface area contributed by atoms with Gasteiger partial charge in [0.2, 0.25) is 0 Å². The van der Waals surface area contributed by atoms with Crippen molar-refractivity contribution in [2.75, 3.05) is 7.05 Å². The topological polar surface area (TPSA) is 55.2 Å². The number of fused-ring (bicyclic) bond motifs is 1. The molecular weight excluding hydrogens is 264 g/mol. The molecule has 1 aliphatic carbocycles. The molecule has 4 heteroatoms. The molecule has 3 rings (SSSR count). The van der Waals surface area contributed by atoms with E-state index in [0.717, 1.165) is 12.0 Å². The van der Waals surface area contributed by atoms with Crippen molar-refractivity contribution in [2.24, 2.45) is 0 Å². The van der Waals surface area contributed by atoms with Crippen LogP contribution in [0, 0.1) is 10.1 Å². The Morgan fingerprint density at radius 1 is 1.24 bits per heavy atom. The molecule has 0 heterocycles. The smallest absolute Gasteiger partial charge is 0.272 e. The van der Waals surface area contributed by atoms with Gasteiger partial charge in [-0.15, -0.1) is 0 Å². The number of rotatable bonds is 5. The van der Waals surface area contributed by atoms with Gasteiger partial charge in [-0.05, 0) is 31.0 Å². The largest absolute Gasteiger partial charge is 0.316 e. The van der Waals surface area contributed by atoms with Crippen LogP contribution in [-0.2, 0) is 12.8 Å². The van der Waals surface area contributed by atoms with Crippen LogP contribution in [0.5, 0.6) is 0 Å². The first-order valence-corrected chi connectivity index (χ1v) is 7.18. The first kappa shape index (κ1) is 13.8. The lowest BCUT2D eigenvalue weighted by molar-refractivity contribution is -0.385. The second-order valence-electron chi connectivity index (χ2n) is 5.49. The fraction of sp³-hybridized carbons (Fsp3) is 0.294. The van der Waals surface area contributed by atoms with Gasteiger partial charge < -0.3 is 5.32 Å². The van der Waals surface area contributed by atoms with Crippen molar-refractivity contribution in [1.82, 2.24) is 5.32 Å². The summed E-state index contributed by atoms with van der Waals surface area (Å²) in [5, 5.41) is 14.5. The fourth-order valence-corrected chi connectivity index (χ4v) is 3.20. The van der Waals surface area contributed by atoms with E-state index < -0.39 is 0 Å². The summed E-state index contributed by atoms with van der Waals surface area (Å²) in [6.45, 7) is 0. The average molecular weight is 282 g/mol. The number of hydrogen-bond donors (Lipinski definition) is 1. The van der Waals surface area contributed by atoms with Crippen LogP contribution in [0.3, 0.4) is 0 Å². The van der Waals surface area contributed by atoms with Crippen LogP contribution in [0.25, 0.3) is 0 Å². The molecule has 0 fully saturated rings. The van der Waals surface area contributed by atoms with Crippen molar-refractivity contribution >= 4 is 5.69 Å². The van der Waals surface area contributed by atoms with Gasteiger partial charge in [0.1, 0.15) is 0 Å². The van der Waals surface area contributed by atoms with Crippen molar-refractivity contribution in [2.45, 2.75) is 24.8 Å². The number of nitrogens with one attached hydrogen (secondary N) is 1. The molecule has 108 valence electrons. The summed E-state index contributed by atoms with van der Waals surface area (Å²) in [6, 6.07) is 15.7. The lowest BCUT2D eigenvalue weighted by Gasteiger charge is -2.36. The second-order valence-corrected chi connectivity index (χ2v) is 5.49. The summed E-state index contributed by atoms with van der Waals surface area (Å²) in [4.78, 5) is 10.8. The molecule has 0 bridgehead atoms. The van der Waals surface area contributed by atoms with E-state index in [2.05, 4.69) is 29.6 Å². The molecule has 4 nitrogen and oxygen atoms in total. The summed E-state index contributed by atoms with van der Waals surface area (Å²) in [7, 11) is 1.93. The van der Waals surface area contributed by atoms with Gasteiger partial charge in [-0.2, -0.15) is 0 Å². The first-order valence-electron chi connectivity index (χ1n) is 7.18. The normalized spacial score (nSPS) is 17.7. The highest BCUT2D eigenvalue weighted by Crippen LogP contribution is 2.38. The molecule has 0 saturated carbocycles. The molecule has 0 spiro atoms. The minimum atomic E-state index is -0.295. The van der Waals surface area contributed by atoms with Gasteiger partial charge in [-0.1, -0.05) is 42.5 Å². The zero-order valence-electron chi connectivity index (χ0n) is 12.0. The minimum Gasteiger partial charge on any atom is -0.316 e. The molecule has 0 amide bonds. The van der Waals surface area contributed by atoms with Gasteiger partial charge in [-0.25, -0.2) is 0 Å². The van der Waals surface area contributed by atoms with E-state index in [1.807, 2.05) is 19.2 Å². The zero-order chi connectivity index (χ0) is 14.8. The van der Waals surface area contributed by atoms with Crippen molar-refractivity contribution in [3.05, 3.63) is 75.3 Å². The Morgan fingerprint density at radius 3 is 2.67 bits per heavy atom. The van der Waals surface area contributed by atoms with Crippen LogP contribution in [0.15, 0.2) is 48.5 Å². The van der Waals surface area contributed by atoms with Crippen LogP contribution < -0.4 is 5.32 Å². The Kier molecular flexibility index (Phi) is 3.71. The summed E-state index contributed by atoms with van der Waals surface area (Å²) in [5.41, 5.74) is 3.78. The van der Waals surface area contributed by atoms with Crippen molar-refractivity contribution < 1.29 is 4.92 Å². The third-order valence-electron chi connectivity index (χ3n) is 4.38. The number of benzene rings is 2. The fourth-order valence-electron chi connectivity index (χ4n) is 3.20. The van der Waals surface area contributed by atoms with Crippen LogP contribution in [0.1, 0.15) is 22.6 Å². The number of nitro groups is 1. The molecule has 21 heavy (non-hydrogen) atoms. The standard InChI is InChI=1S/C17H18N2O2/c1-18-16(15-10-12-6-2-4-8-14(12)15)11-13-7-3-5-9-17(13)19(20)21/h2-9,15-16,18H,10-11H2,1H3. The highest BCUT2D eigenvalue weighted by Gasteiger charge is 2.32. The highest BCUT2D eigenvalue weighted by molar-refractivity contribution is 5.44.